The summed E-state index contributed by atoms with van der Waals surface area (Å²) in [6, 6.07) is 3.76. The molecule has 1 amide bonds. The molecular weight excluding hydrogens is 204 g/mol. The number of aryl methyl sites for hydroxylation is 1. The van der Waals surface area contributed by atoms with Crippen molar-refractivity contribution in [1.29, 1.82) is 0 Å². The van der Waals surface area contributed by atoms with Crippen LogP contribution in [-0.4, -0.2) is 40.2 Å². The number of aliphatic hydroxyl groups is 1. The van der Waals surface area contributed by atoms with Gasteiger partial charge in [-0.15, -0.1) is 0 Å². The third kappa shape index (κ3) is 1.97. The summed E-state index contributed by atoms with van der Waals surface area (Å²) >= 11 is 0. The minimum atomic E-state index is 0.0859. The lowest BCUT2D eigenvalue weighted by molar-refractivity contribution is 0.0771. The van der Waals surface area contributed by atoms with Gasteiger partial charge in [-0.2, -0.15) is 0 Å². The number of carbonyl (C=O) groups is 1. The molecule has 0 radical (unpaired) electrons. The molecule has 1 aliphatic rings. The summed E-state index contributed by atoms with van der Waals surface area (Å²) in [5.41, 5.74) is 0.751. The number of amides is 1. The Kier molecular flexibility index (Phi) is 3.29. The van der Waals surface area contributed by atoms with Crippen LogP contribution < -0.4 is 0 Å². The van der Waals surface area contributed by atoms with Crippen LogP contribution in [0.4, 0.5) is 0 Å². The predicted molar refractivity (Wildman–Crippen MR) is 61.2 cm³/mol. The SMILES string of the molecule is CCn1cccc1C(=O)N1CCC(CO)C1. The fourth-order valence-corrected chi connectivity index (χ4v) is 2.21. The minimum Gasteiger partial charge on any atom is -0.396 e. The van der Waals surface area contributed by atoms with Gasteiger partial charge >= 0.3 is 0 Å². The molecule has 1 saturated heterocycles. The fourth-order valence-electron chi connectivity index (χ4n) is 2.21. The molecule has 1 N–H and O–H groups in total. The van der Waals surface area contributed by atoms with E-state index in [9.17, 15) is 4.79 Å². The molecule has 1 aromatic rings. The Labute approximate surface area is 95.5 Å². The molecule has 16 heavy (non-hydrogen) atoms. The number of nitrogens with zero attached hydrogens (tertiary/aromatic N) is 2. The third-order valence-corrected chi connectivity index (χ3v) is 3.22. The van der Waals surface area contributed by atoms with E-state index >= 15 is 0 Å². The lowest BCUT2D eigenvalue weighted by Crippen LogP contribution is -2.30. The molecular formula is C12H18N2O2. The molecule has 1 fully saturated rings. The molecule has 2 rings (SSSR count). The second-order valence-corrected chi connectivity index (χ2v) is 4.27. The van der Waals surface area contributed by atoms with Gasteiger partial charge in [-0.3, -0.25) is 4.79 Å². The maximum Gasteiger partial charge on any atom is 0.270 e. The fraction of sp³-hybridized carbons (Fsp3) is 0.583. The van der Waals surface area contributed by atoms with Crippen LogP contribution in [-0.2, 0) is 6.54 Å². The van der Waals surface area contributed by atoms with Crippen molar-refractivity contribution in [3.05, 3.63) is 24.0 Å². The first-order valence-electron chi connectivity index (χ1n) is 5.81. The Bertz CT molecular complexity index is 373. The molecule has 1 atom stereocenters. The highest BCUT2D eigenvalue weighted by Gasteiger charge is 2.27. The van der Waals surface area contributed by atoms with Crippen LogP contribution in [0.5, 0.6) is 0 Å². The van der Waals surface area contributed by atoms with E-state index in [-0.39, 0.29) is 18.4 Å². The molecule has 0 bridgehead atoms. The minimum absolute atomic E-state index is 0.0859. The summed E-state index contributed by atoms with van der Waals surface area (Å²) in [7, 11) is 0. The summed E-state index contributed by atoms with van der Waals surface area (Å²) in [4.78, 5) is 14.0. The first-order chi connectivity index (χ1) is 7.76. The second kappa shape index (κ2) is 4.70. The monoisotopic (exact) mass is 222 g/mol. The molecule has 2 heterocycles. The molecule has 0 aromatic carbocycles. The quantitative estimate of drug-likeness (QED) is 0.828. The van der Waals surface area contributed by atoms with Crippen molar-refractivity contribution in [3.63, 3.8) is 0 Å². The largest absolute Gasteiger partial charge is 0.396 e. The molecule has 0 spiro atoms. The summed E-state index contributed by atoms with van der Waals surface area (Å²) in [6.07, 6.45) is 2.84. The summed E-state index contributed by atoms with van der Waals surface area (Å²) < 4.78 is 1.95. The molecule has 4 heteroatoms. The van der Waals surface area contributed by atoms with E-state index in [0.29, 0.717) is 6.54 Å². The van der Waals surface area contributed by atoms with Gasteiger partial charge in [0.05, 0.1) is 0 Å². The Morgan fingerprint density at radius 2 is 2.44 bits per heavy atom. The number of aromatic nitrogens is 1. The number of aliphatic hydroxyl groups excluding tert-OH is 1. The zero-order valence-corrected chi connectivity index (χ0v) is 9.59. The van der Waals surface area contributed by atoms with Gasteiger partial charge in [-0.1, -0.05) is 0 Å². The summed E-state index contributed by atoms with van der Waals surface area (Å²) in [5.74, 6) is 0.344. The van der Waals surface area contributed by atoms with E-state index in [1.165, 1.54) is 0 Å². The third-order valence-electron chi connectivity index (χ3n) is 3.22. The average molecular weight is 222 g/mol. The molecule has 4 nitrogen and oxygen atoms in total. The van der Waals surface area contributed by atoms with E-state index in [1.807, 2.05) is 34.7 Å². The topological polar surface area (TPSA) is 45.5 Å². The van der Waals surface area contributed by atoms with E-state index < -0.39 is 0 Å². The van der Waals surface area contributed by atoms with Crippen LogP contribution in [0.1, 0.15) is 23.8 Å². The van der Waals surface area contributed by atoms with Crippen LogP contribution >= 0.6 is 0 Å². The molecule has 0 saturated carbocycles. The van der Waals surface area contributed by atoms with Gasteiger partial charge < -0.3 is 14.6 Å². The van der Waals surface area contributed by atoms with Gasteiger partial charge in [-0.05, 0) is 25.5 Å². The highest BCUT2D eigenvalue weighted by atomic mass is 16.3. The number of hydrogen-bond acceptors (Lipinski definition) is 2. The Morgan fingerprint density at radius 1 is 1.62 bits per heavy atom. The van der Waals surface area contributed by atoms with Gasteiger partial charge in [0.1, 0.15) is 5.69 Å². The van der Waals surface area contributed by atoms with Crippen molar-refractivity contribution in [2.24, 2.45) is 5.92 Å². The normalized spacial score (nSPS) is 20.4. The zero-order chi connectivity index (χ0) is 11.5. The van der Waals surface area contributed by atoms with Gasteiger partial charge in [0.2, 0.25) is 0 Å². The Hall–Kier alpha value is -1.29. The lowest BCUT2D eigenvalue weighted by atomic mass is 10.1. The maximum atomic E-state index is 12.2. The number of carbonyl (C=O) groups excluding carboxylic acids is 1. The van der Waals surface area contributed by atoms with Crippen LogP contribution in [0.2, 0.25) is 0 Å². The van der Waals surface area contributed by atoms with Crippen molar-refractivity contribution in [1.82, 2.24) is 9.47 Å². The average Bonchev–Trinajstić information content (AvgIpc) is 2.96. The van der Waals surface area contributed by atoms with Crippen LogP contribution in [0, 0.1) is 5.92 Å². The molecule has 88 valence electrons. The second-order valence-electron chi connectivity index (χ2n) is 4.27. The van der Waals surface area contributed by atoms with Crippen LogP contribution in [0.15, 0.2) is 18.3 Å². The van der Waals surface area contributed by atoms with Crippen LogP contribution in [0.25, 0.3) is 0 Å². The van der Waals surface area contributed by atoms with Gasteiger partial charge in [0.15, 0.2) is 0 Å². The first-order valence-corrected chi connectivity index (χ1v) is 5.81. The van der Waals surface area contributed by atoms with Gasteiger partial charge in [-0.25, -0.2) is 0 Å². The Morgan fingerprint density at radius 3 is 3.06 bits per heavy atom. The molecule has 1 aromatic heterocycles. The first kappa shape index (κ1) is 11.2. The standard InChI is InChI=1S/C12H18N2O2/c1-2-13-6-3-4-11(13)12(16)14-7-5-10(8-14)9-15/h3-4,6,10,15H,2,5,7-9H2,1H3. The summed E-state index contributed by atoms with van der Waals surface area (Å²) in [6.45, 7) is 4.46. The smallest absolute Gasteiger partial charge is 0.270 e. The Balaban J connectivity index is 2.08. The van der Waals surface area contributed by atoms with E-state index in [0.717, 1.165) is 25.2 Å². The van der Waals surface area contributed by atoms with E-state index in [2.05, 4.69) is 0 Å². The molecule has 0 aliphatic carbocycles. The number of likely N-dealkylation sites (tertiary alicyclic amines) is 1. The number of hydrogen-bond donors (Lipinski definition) is 1. The van der Waals surface area contributed by atoms with Gasteiger partial charge in [0.25, 0.3) is 5.91 Å². The van der Waals surface area contributed by atoms with E-state index in [1.54, 1.807) is 0 Å². The van der Waals surface area contributed by atoms with Gasteiger partial charge in [0, 0.05) is 38.4 Å². The number of rotatable bonds is 3. The van der Waals surface area contributed by atoms with Crippen molar-refractivity contribution in [3.8, 4) is 0 Å². The maximum absolute atomic E-state index is 12.2. The lowest BCUT2D eigenvalue weighted by Gasteiger charge is -2.17. The van der Waals surface area contributed by atoms with Crippen molar-refractivity contribution >= 4 is 5.91 Å². The summed E-state index contributed by atoms with van der Waals surface area (Å²) in [5, 5.41) is 9.05. The zero-order valence-electron chi connectivity index (χ0n) is 9.59. The van der Waals surface area contributed by atoms with E-state index in [4.69, 9.17) is 5.11 Å². The van der Waals surface area contributed by atoms with Crippen molar-refractivity contribution < 1.29 is 9.90 Å². The predicted octanol–water partition coefficient (Wildman–Crippen LogP) is 0.962. The van der Waals surface area contributed by atoms with Crippen molar-refractivity contribution in [2.45, 2.75) is 19.9 Å². The highest BCUT2D eigenvalue weighted by molar-refractivity contribution is 5.93. The highest BCUT2D eigenvalue weighted by Crippen LogP contribution is 2.18. The molecule has 1 aliphatic heterocycles. The molecule has 1 unspecified atom stereocenters. The van der Waals surface area contributed by atoms with Crippen molar-refractivity contribution in [2.75, 3.05) is 19.7 Å². The van der Waals surface area contributed by atoms with Crippen LogP contribution in [0.3, 0.4) is 0 Å².